The Kier molecular flexibility index (Phi) is 5.69. The number of nitrogens with zero attached hydrogens (tertiary/aromatic N) is 2. The van der Waals surface area contributed by atoms with Gasteiger partial charge in [-0.05, 0) is 6.42 Å². The second kappa shape index (κ2) is 6.82. The van der Waals surface area contributed by atoms with Gasteiger partial charge in [0.25, 0.3) is 0 Å². The fourth-order valence-electron chi connectivity index (χ4n) is 1.61. The maximum atomic E-state index is 9.26. The number of aromatic nitrogens is 2. The molecule has 1 aromatic rings. The van der Waals surface area contributed by atoms with E-state index in [0.29, 0.717) is 6.61 Å². The Morgan fingerprint density at radius 1 is 1.37 bits per heavy atom. The standard InChI is InChI=1S/C14H25N3O2/c1-6-10(8-18)15-12-7-11(9-19-5)16-13(17-12)14(2,3)4/h7,10,18H,6,8-9H2,1-5H3,(H,15,16,17)/t10-/m0/s1. The molecule has 0 aromatic carbocycles. The third kappa shape index (κ3) is 4.76. The second-order valence-corrected chi connectivity index (χ2v) is 5.68. The summed E-state index contributed by atoms with van der Waals surface area (Å²) in [5, 5.41) is 12.5. The molecule has 0 fully saturated rings. The maximum absolute atomic E-state index is 9.26. The van der Waals surface area contributed by atoms with Gasteiger partial charge in [-0.3, -0.25) is 0 Å². The summed E-state index contributed by atoms with van der Waals surface area (Å²) in [5.41, 5.74) is 0.721. The molecule has 0 saturated heterocycles. The maximum Gasteiger partial charge on any atom is 0.136 e. The van der Waals surface area contributed by atoms with Crippen molar-refractivity contribution in [1.82, 2.24) is 9.97 Å². The van der Waals surface area contributed by atoms with E-state index in [4.69, 9.17) is 4.74 Å². The number of hydrogen-bond donors (Lipinski definition) is 2. The van der Waals surface area contributed by atoms with Crippen molar-refractivity contribution in [2.75, 3.05) is 19.0 Å². The quantitative estimate of drug-likeness (QED) is 0.826. The third-order valence-electron chi connectivity index (χ3n) is 2.81. The van der Waals surface area contributed by atoms with Crippen LogP contribution in [0.5, 0.6) is 0 Å². The Labute approximate surface area is 115 Å². The van der Waals surface area contributed by atoms with Gasteiger partial charge in [0, 0.05) is 18.6 Å². The molecule has 0 saturated carbocycles. The first-order chi connectivity index (χ1) is 8.90. The molecule has 0 aliphatic rings. The summed E-state index contributed by atoms with van der Waals surface area (Å²) in [6, 6.07) is 1.88. The summed E-state index contributed by atoms with van der Waals surface area (Å²) >= 11 is 0. The van der Waals surface area contributed by atoms with Crippen molar-refractivity contribution in [3.63, 3.8) is 0 Å². The van der Waals surface area contributed by atoms with Gasteiger partial charge >= 0.3 is 0 Å². The van der Waals surface area contributed by atoms with Crippen molar-refractivity contribution in [2.45, 2.75) is 52.2 Å². The van der Waals surface area contributed by atoms with Gasteiger partial charge in [-0.2, -0.15) is 0 Å². The summed E-state index contributed by atoms with van der Waals surface area (Å²) in [7, 11) is 1.65. The molecule has 1 heterocycles. The number of aliphatic hydroxyl groups is 1. The molecule has 0 aliphatic carbocycles. The lowest BCUT2D eigenvalue weighted by molar-refractivity contribution is 0.181. The molecule has 1 aromatic heterocycles. The number of ether oxygens (including phenoxy) is 1. The molecule has 0 radical (unpaired) electrons. The number of aliphatic hydroxyl groups excluding tert-OH is 1. The van der Waals surface area contributed by atoms with E-state index in [0.717, 1.165) is 23.8 Å². The lowest BCUT2D eigenvalue weighted by Crippen LogP contribution is -2.25. The monoisotopic (exact) mass is 267 g/mol. The van der Waals surface area contributed by atoms with Gasteiger partial charge in [0.1, 0.15) is 11.6 Å². The molecule has 1 atom stereocenters. The molecule has 0 spiro atoms. The van der Waals surface area contributed by atoms with E-state index in [9.17, 15) is 5.11 Å². The van der Waals surface area contributed by atoms with E-state index in [1.54, 1.807) is 7.11 Å². The molecular weight excluding hydrogens is 242 g/mol. The largest absolute Gasteiger partial charge is 0.394 e. The van der Waals surface area contributed by atoms with E-state index >= 15 is 0 Å². The van der Waals surface area contributed by atoms with Crippen molar-refractivity contribution in [2.24, 2.45) is 0 Å². The average molecular weight is 267 g/mol. The highest BCUT2D eigenvalue weighted by Crippen LogP contribution is 2.21. The zero-order chi connectivity index (χ0) is 14.5. The van der Waals surface area contributed by atoms with Crippen LogP contribution in [-0.4, -0.2) is 34.8 Å². The predicted octanol–water partition coefficient (Wildman–Crippen LogP) is 2.10. The topological polar surface area (TPSA) is 67.3 Å². The van der Waals surface area contributed by atoms with E-state index in [2.05, 4.69) is 36.1 Å². The minimum atomic E-state index is -0.124. The Bertz CT molecular complexity index is 398. The van der Waals surface area contributed by atoms with Crippen LogP contribution in [0.15, 0.2) is 6.07 Å². The number of anilines is 1. The number of nitrogens with one attached hydrogen (secondary N) is 1. The zero-order valence-corrected chi connectivity index (χ0v) is 12.5. The van der Waals surface area contributed by atoms with Crippen molar-refractivity contribution in [1.29, 1.82) is 0 Å². The molecule has 0 bridgehead atoms. The smallest absolute Gasteiger partial charge is 0.136 e. The van der Waals surface area contributed by atoms with Gasteiger partial charge in [-0.15, -0.1) is 0 Å². The summed E-state index contributed by atoms with van der Waals surface area (Å²) < 4.78 is 5.14. The van der Waals surface area contributed by atoms with Crippen LogP contribution < -0.4 is 5.32 Å². The molecule has 0 unspecified atom stereocenters. The first-order valence-corrected chi connectivity index (χ1v) is 6.65. The van der Waals surface area contributed by atoms with Crippen LogP contribution in [0.1, 0.15) is 45.6 Å². The Balaban J connectivity index is 3.05. The molecule has 5 nitrogen and oxygen atoms in total. The molecule has 108 valence electrons. The highest BCUT2D eigenvalue weighted by atomic mass is 16.5. The Hall–Kier alpha value is -1.20. The Morgan fingerprint density at radius 3 is 2.53 bits per heavy atom. The van der Waals surface area contributed by atoms with Crippen LogP contribution in [0.2, 0.25) is 0 Å². The normalized spacial score (nSPS) is 13.4. The fraction of sp³-hybridized carbons (Fsp3) is 0.714. The van der Waals surface area contributed by atoms with Gasteiger partial charge in [0.15, 0.2) is 0 Å². The predicted molar refractivity (Wildman–Crippen MR) is 76.2 cm³/mol. The number of rotatable bonds is 6. The first-order valence-electron chi connectivity index (χ1n) is 6.65. The zero-order valence-electron chi connectivity index (χ0n) is 12.5. The van der Waals surface area contributed by atoms with Crippen LogP contribution >= 0.6 is 0 Å². The summed E-state index contributed by atoms with van der Waals surface area (Å²) in [6.45, 7) is 8.79. The lowest BCUT2D eigenvalue weighted by atomic mass is 9.95. The van der Waals surface area contributed by atoms with E-state index in [1.807, 2.05) is 13.0 Å². The Morgan fingerprint density at radius 2 is 2.05 bits per heavy atom. The SMILES string of the molecule is CC[C@@H](CO)Nc1cc(COC)nc(C(C)(C)C)n1. The van der Waals surface area contributed by atoms with Gasteiger partial charge in [0.05, 0.1) is 24.9 Å². The highest BCUT2D eigenvalue weighted by molar-refractivity contribution is 5.38. The summed E-state index contributed by atoms with van der Waals surface area (Å²) in [4.78, 5) is 9.05. The molecule has 1 rings (SSSR count). The fourth-order valence-corrected chi connectivity index (χ4v) is 1.61. The van der Waals surface area contributed by atoms with Crippen LogP contribution in [-0.2, 0) is 16.8 Å². The van der Waals surface area contributed by atoms with Crippen LogP contribution in [0.25, 0.3) is 0 Å². The minimum Gasteiger partial charge on any atom is -0.394 e. The van der Waals surface area contributed by atoms with Crippen molar-refractivity contribution < 1.29 is 9.84 Å². The number of hydrogen-bond acceptors (Lipinski definition) is 5. The number of methoxy groups -OCH3 is 1. The summed E-state index contributed by atoms with van der Waals surface area (Å²) in [6.07, 6.45) is 0.838. The highest BCUT2D eigenvalue weighted by Gasteiger charge is 2.19. The van der Waals surface area contributed by atoms with Crippen molar-refractivity contribution >= 4 is 5.82 Å². The van der Waals surface area contributed by atoms with E-state index < -0.39 is 0 Å². The minimum absolute atomic E-state index is 0.0121. The summed E-state index contributed by atoms with van der Waals surface area (Å²) in [5.74, 6) is 1.52. The first kappa shape index (κ1) is 15.9. The molecule has 2 N–H and O–H groups in total. The van der Waals surface area contributed by atoms with Gasteiger partial charge in [-0.1, -0.05) is 27.7 Å². The molecular formula is C14H25N3O2. The molecule has 0 amide bonds. The van der Waals surface area contributed by atoms with Gasteiger partial charge in [0.2, 0.25) is 0 Å². The molecule has 0 aliphatic heterocycles. The van der Waals surface area contributed by atoms with Gasteiger partial charge in [-0.25, -0.2) is 9.97 Å². The third-order valence-corrected chi connectivity index (χ3v) is 2.81. The van der Waals surface area contributed by atoms with E-state index in [1.165, 1.54) is 0 Å². The second-order valence-electron chi connectivity index (χ2n) is 5.68. The van der Waals surface area contributed by atoms with Crippen LogP contribution in [0, 0.1) is 0 Å². The van der Waals surface area contributed by atoms with E-state index in [-0.39, 0.29) is 18.1 Å². The van der Waals surface area contributed by atoms with Crippen LogP contribution in [0.3, 0.4) is 0 Å². The van der Waals surface area contributed by atoms with Crippen molar-refractivity contribution in [3.05, 3.63) is 17.6 Å². The lowest BCUT2D eigenvalue weighted by Gasteiger charge is -2.21. The molecule has 19 heavy (non-hydrogen) atoms. The average Bonchev–Trinajstić information content (AvgIpc) is 2.35. The van der Waals surface area contributed by atoms with Crippen molar-refractivity contribution in [3.8, 4) is 0 Å². The molecule has 5 heteroatoms. The van der Waals surface area contributed by atoms with Gasteiger partial charge < -0.3 is 15.2 Å². The van der Waals surface area contributed by atoms with Crippen LogP contribution in [0.4, 0.5) is 5.82 Å².